The van der Waals surface area contributed by atoms with Crippen molar-refractivity contribution in [3.05, 3.63) is 71.8 Å². The van der Waals surface area contributed by atoms with Crippen molar-refractivity contribution in [2.45, 2.75) is 13.3 Å². The van der Waals surface area contributed by atoms with Crippen LogP contribution in [-0.4, -0.2) is 34.3 Å². The number of ether oxygens (including phenoxy) is 2. The van der Waals surface area contributed by atoms with Crippen LogP contribution in [0.3, 0.4) is 0 Å². The van der Waals surface area contributed by atoms with Gasteiger partial charge in [-0.3, -0.25) is 9.97 Å². The number of benzene rings is 1. The number of fused-ring (bicyclic) bond motifs is 1. The molecule has 4 rings (SSSR count). The van der Waals surface area contributed by atoms with Gasteiger partial charge >= 0.3 is 0 Å². The summed E-state index contributed by atoms with van der Waals surface area (Å²) in [4.78, 5) is 13.1. The van der Waals surface area contributed by atoms with Gasteiger partial charge in [0.1, 0.15) is 0 Å². The van der Waals surface area contributed by atoms with Gasteiger partial charge in [-0.1, -0.05) is 6.07 Å². The van der Waals surface area contributed by atoms with Crippen molar-refractivity contribution in [3.63, 3.8) is 0 Å². The number of hydrogen-bond donors (Lipinski definition) is 1. The molecule has 0 bridgehead atoms. The molecule has 4 aromatic rings. The van der Waals surface area contributed by atoms with Gasteiger partial charge < -0.3 is 14.6 Å². The zero-order chi connectivity index (χ0) is 20.4. The third-order valence-electron chi connectivity index (χ3n) is 4.92. The lowest BCUT2D eigenvalue weighted by Crippen LogP contribution is -2.00. The molecule has 3 heterocycles. The van der Waals surface area contributed by atoms with Gasteiger partial charge in [0, 0.05) is 46.7 Å². The smallest absolute Gasteiger partial charge is 0.215 e. The molecule has 194 valence electrons. The lowest BCUT2D eigenvalue weighted by Gasteiger charge is -2.14. The molecule has 0 amide bonds. The van der Waals surface area contributed by atoms with Crippen LogP contribution in [0.4, 0.5) is 0 Å². The molecule has 0 radical (unpaired) electrons. The van der Waals surface area contributed by atoms with Gasteiger partial charge in [0.25, 0.3) is 0 Å². The van der Waals surface area contributed by atoms with E-state index in [1.807, 2.05) is 49.4 Å². The minimum Gasteiger partial charge on any atom is -0.493 e. The second-order valence-corrected chi connectivity index (χ2v) is 6.68. The molecule has 0 spiro atoms. The normalized spacial score (nSPS) is 9.00. The molecule has 35 heavy (non-hydrogen) atoms. The molecule has 3 aromatic heterocycles. The van der Waals surface area contributed by atoms with Crippen LogP contribution in [0.15, 0.2) is 54.9 Å². The maximum Gasteiger partial charge on any atom is 0.215 e. The van der Waals surface area contributed by atoms with Gasteiger partial charge in [-0.25, -0.2) is 4.98 Å². The number of pyridine rings is 3. The molecule has 0 unspecified atom stereocenters. The molecule has 1 N–H and O–H groups in total. The number of aromatic nitrogens is 3. The minimum atomic E-state index is -0.00154. The summed E-state index contributed by atoms with van der Waals surface area (Å²) in [5.41, 5.74) is 4.10. The fourth-order valence-corrected chi connectivity index (χ4v) is 3.45. The Hall–Kier alpha value is -1.93. The van der Waals surface area contributed by atoms with E-state index >= 15 is 0 Å². The van der Waals surface area contributed by atoms with E-state index in [0.717, 1.165) is 33.4 Å². The van der Waals surface area contributed by atoms with E-state index in [0.29, 0.717) is 23.5 Å². The first-order chi connectivity index (χ1) is 14.1. The molecular formula is C23H27Cl6N3O3. The number of aromatic hydroxyl groups is 1. The van der Waals surface area contributed by atoms with Crippen molar-refractivity contribution in [2.75, 3.05) is 14.2 Å². The lowest BCUT2D eigenvalue weighted by molar-refractivity contribution is 0.355. The van der Waals surface area contributed by atoms with Gasteiger partial charge in [-0.2, -0.15) is 0 Å². The van der Waals surface area contributed by atoms with E-state index in [9.17, 15) is 5.11 Å². The van der Waals surface area contributed by atoms with Crippen molar-refractivity contribution in [2.24, 2.45) is 0 Å². The fraction of sp³-hybridized carbons (Fsp3) is 0.174. The lowest BCUT2D eigenvalue weighted by atomic mass is 9.99. The third kappa shape index (κ3) is 8.04. The Bertz CT molecular complexity index is 1200. The topological polar surface area (TPSA) is 77.4 Å². The summed E-state index contributed by atoms with van der Waals surface area (Å²) in [6.07, 6.45) is 3.92. The quantitative estimate of drug-likeness (QED) is 0.268. The Balaban J connectivity index is -0.00000171. The van der Waals surface area contributed by atoms with E-state index < -0.39 is 0 Å². The summed E-state index contributed by atoms with van der Waals surface area (Å²) in [6, 6.07) is 13.5. The Morgan fingerprint density at radius 1 is 0.771 bits per heavy atom. The molecule has 0 saturated carbocycles. The average molecular weight is 606 g/mol. The van der Waals surface area contributed by atoms with Crippen molar-refractivity contribution in [1.29, 1.82) is 0 Å². The van der Waals surface area contributed by atoms with E-state index in [2.05, 4.69) is 9.97 Å². The van der Waals surface area contributed by atoms with Crippen LogP contribution >= 0.6 is 74.4 Å². The van der Waals surface area contributed by atoms with Gasteiger partial charge in [0.2, 0.25) is 5.88 Å². The zero-order valence-electron chi connectivity index (χ0n) is 19.0. The van der Waals surface area contributed by atoms with Crippen LogP contribution < -0.4 is 9.47 Å². The monoisotopic (exact) mass is 603 g/mol. The zero-order valence-corrected chi connectivity index (χ0v) is 23.9. The van der Waals surface area contributed by atoms with Gasteiger partial charge in [-0.15, -0.1) is 74.4 Å². The van der Waals surface area contributed by atoms with Crippen LogP contribution in [0, 0.1) is 6.92 Å². The molecule has 0 aliphatic carbocycles. The third-order valence-corrected chi connectivity index (χ3v) is 4.92. The van der Waals surface area contributed by atoms with Crippen LogP contribution in [0.5, 0.6) is 17.4 Å². The van der Waals surface area contributed by atoms with E-state index in [-0.39, 0.29) is 80.3 Å². The summed E-state index contributed by atoms with van der Waals surface area (Å²) in [6.45, 7) is 1.86. The number of nitrogens with zero attached hydrogens (tertiary/aromatic N) is 3. The second kappa shape index (κ2) is 16.7. The highest BCUT2D eigenvalue weighted by Gasteiger charge is 2.17. The number of rotatable bonds is 5. The summed E-state index contributed by atoms with van der Waals surface area (Å²) in [7, 11) is 3.19. The minimum absolute atomic E-state index is 0. The van der Waals surface area contributed by atoms with Crippen molar-refractivity contribution in [3.8, 4) is 28.6 Å². The largest absolute Gasteiger partial charge is 0.493 e. The molecule has 0 aliphatic heterocycles. The van der Waals surface area contributed by atoms with E-state index in [4.69, 9.17) is 14.5 Å². The highest BCUT2D eigenvalue weighted by atomic mass is 35.5. The summed E-state index contributed by atoms with van der Waals surface area (Å²) >= 11 is 0. The fourth-order valence-electron chi connectivity index (χ4n) is 3.45. The number of halogens is 6. The summed E-state index contributed by atoms with van der Waals surface area (Å²) in [5.74, 6) is 1.22. The molecule has 6 nitrogen and oxygen atoms in total. The SMILES string of the molecule is COc1cc2c(C)nc(O)c(Cc3cccc(-c4ccncc4)n3)c2cc1OC.Cl.Cl.Cl.Cl.Cl.Cl. The van der Waals surface area contributed by atoms with Crippen molar-refractivity contribution < 1.29 is 14.6 Å². The molecule has 1 aromatic carbocycles. The summed E-state index contributed by atoms with van der Waals surface area (Å²) in [5, 5.41) is 12.4. The molecule has 0 saturated heterocycles. The standard InChI is InChI=1S/C23H21N3O3.6ClH/c1-14-17-12-21(28-2)22(29-3)13-18(17)19(23(27)25-14)11-16-5-4-6-20(26-16)15-7-9-24-10-8-15;;;;;;/h4-10,12-13H,11H2,1-3H3,(H,25,27);6*1H. The van der Waals surface area contributed by atoms with Crippen LogP contribution in [0.25, 0.3) is 22.0 Å². The Labute approximate surface area is 241 Å². The number of aryl methyl sites for hydroxylation is 1. The first kappa shape index (κ1) is 37.6. The molecule has 12 heteroatoms. The van der Waals surface area contributed by atoms with E-state index in [1.54, 1.807) is 26.6 Å². The molecule has 0 fully saturated rings. The van der Waals surface area contributed by atoms with Crippen LogP contribution in [-0.2, 0) is 6.42 Å². The van der Waals surface area contributed by atoms with Crippen LogP contribution in [0.1, 0.15) is 17.0 Å². The summed E-state index contributed by atoms with van der Waals surface area (Å²) < 4.78 is 10.9. The van der Waals surface area contributed by atoms with Gasteiger partial charge in [0.15, 0.2) is 11.5 Å². The second-order valence-electron chi connectivity index (χ2n) is 6.68. The molecule has 0 atom stereocenters. The Kier molecular flexibility index (Phi) is 17.9. The van der Waals surface area contributed by atoms with Crippen molar-refractivity contribution >= 4 is 85.2 Å². The Morgan fingerprint density at radius 2 is 1.34 bits per heavy atom. The highest BCUT2D eigenvalue weighted by molar-refractivity contribution is 5.92. The first-order valence-corrected chi connectivity index (χ1v) is 9.21. The average Bonchev–Trinajstić information content (AvgIpc) is 2.76. The molecular weight excluding hydrogens is 579 g/mol. The highest BCUT2D eigenvalue weighted by Crippen LogP contribution is 2.37. The first-order valence-electron chi connectivity index (χ1n) is 9.21. The van der Waals surface area contributed by atoms with Crippen molar-refractivity contribution in [1.82, 2.24) is 15.0 Å². The predicted molar refractivity (Wildman–Crippen MR) is 155 cm³/mol. The van der Waals surface area contributed by atoms with E-state index in [1.165, 1.54) is 0 Å². The maximum absolute atomic E-state index is 10.6. The van der Waals surface area contributed by atoms with Gasteiger partial charge in [-0.05, 0) is 48.7 Å². The number of methoxy groups -OCH3 is 2. The van der Waals surface area contributed by atoms with Crippen LogP contribution in [0.2, 0.25) is 0 Å². The Morgan fingerprint density at radius 3 is 1.91 bits per heavy atom. The predicted octanol–water partition coefficient (Wildman–Crippen LogP) is 6.84. The van der Waals surface area contributed by atoms with Gasteiger partial charge in [0.05, 0.1) is 19.9 Å². The maximum atomic E-state index is 10.6. The molecule has 0 aliphatic rings. The number of hydrogen-bond acceptors (Lipinski definition) is 6.